The Labute approximate surface area is 167 Å². The van der Waals surface area contributed by atoms with Crippen LogP contribution >= 0.6 is 0 Å². The number of hydrogen-bond acceptors (Lipinski definition) is 6. The number of nitrogens with zero attached hydrogens (tertiary/aromatic N) is 3. The lowest BCUT2D eigenvalue weighted by molar-refractivity contribution is -0.127. The van der Waals surface area contributed by atoms with Gasteiger partial charge in [-0.15, -0.1) is 0 Å². The second-order valence-corrected chi connectivity index (χ2v) is 10.1. The van der Waals surface area contributed by atoms with Crippen LogP contribution in [0.4, 0.5) is 0 Å². The third-order valence-electron chi connectivity index (χ3n) is 6.13. The maximum absolute atomic E-state index is 12.9. The Morgan fingerprint density at radius 2 is 1.75 bits per heavy atom. The lowest BCUT2D eigenvalue weighted by Gasteiger charge is -2.37. The van der Waals surface area contributed by atoms with E-state index in [9.17, 15) is 13.2 Å². The second-order valence-electron chi connectivity index (χ2n) is 8.23. The van der Waals surface area contributed by atoms with Gasteiger partial charge in [0.2, 0.25) is 15.9 Å². The smallest absolute Gasteiger partial charge is 0.248 e. The van der Waals surface area contributed by atoms with E-state index >= 15 is 0 Å². The number of aryl methyl sites for hydroxylation is 2. The number of amides is 1. The van der Waals surface area contributed by atoms with Crippen LogP contribution < -0.4 is 5.32 Å². The van der Waals surface area contributed by atoms with Gasteiger partial charge in [0.1, 0.15) is 10.6 Å². The van der Waals surface area contributed by atoms with E-state index in [1.807, 2.05) is 6.92 Å². The molecular formula is C19H32N4O4S. The molecule has 0 radical (unpaired) electrons. The standard InChI is InChI=1S/C19H32N4O4S/c1-13-5-7-17(8-6-13)20-19(24)15(3)22-9-11-23(12-10-22)28(25,26)18-14(2)21-27-16(18)4/h13,15,17H,5-12H2,1-4H3,(H,20,24). The van der Waals surface area contributed by atoms with Gasteiger partial charge in [-0.05, 0) is 52.4 Å². The molecule has 1 unspecified atom stereocenters. The fraction of sp³-hybridized carbons (Fsp3) is 0.789. The summed E-state index contributed by atoms with van der Waals surface area (Å²) < 4.78 is 32.3. The molecule has 1 atom stereocenters. The van der Waals surface area contributed by atoms with Gasteiger partial charge in [-0.3, -0.25) is 9.69 Å². The zero-order chi connectivity index (χ0) is 20.5. The summed E-state index contributed by atoms with van der Waals surface area (Å²) in [4.78, 5) is 14.9. The third kappa shape index (κ3) is 4.41. The van der Waals surface area contributed by atoms with Gasteiger partial charge >= 0.3 is 0 Å². The summed E-state index contributed by atoms with van der Waals surface area (Å²) in [6.07, 6.45) is 4.42. The van der Waals surface area contributed by atoms with Gasteiger partial charge in [0.15, 0.2) is 5.76 Å². The van der Waals surface area contributed by atoms with E-state index in [0.717, 1.165) is 31.6 Å². The first-order chi connectivity index (χ1) is 13.2. The zero-order valence-electron chi connectivity index (χ0n) is 17.3. The third-order valence-corrected chi connectivity index (χ3v) is 8.27. The first-order valence-electron chi connectivity index (χ1n) is 10.2. The summed E-state index contributed by atoms with van der Waals surface area (Å²) in [6.45, 7) is 9.17. The molecule has 9 heteroatoms. The van der Waals surface area contributed by atoms with E-state index in [1.165, 1.54) is 4.31 Å². The number of sulfonamides is 1. The summed E-state index contributed by atoms with van der Waals surface area (Å²) in [5.41, 5.74) is 0.384. The average molecular weight is 413 g/mol. The number of carbonyl (C=O) groups is 1. The average Bonchev–Trinajstić information content (AvgIpc) is 3.02. The van der Waals surface area contributed by atoms with Gasteiger partial charge in [-0.2, -0.15) is 4.31 Å². The highest BCUT2D eigenvalue weighted by Crippen LogP contribution is 2.25. The molecule has 8 nitrogen and oxygen atoms in total. The van der Waals surface area contributed by atoms with Crippen molar-refractivity contribution in [3.8, 4) is 0 Å². The Morgan fingerprint density at radius 3 is 2.29 bits per heavy atom. The quantitative estimate of drug-likeness (QED) is 0.791. The van der Waals surface area contributed by atoms with Crippen LogP contribution in [0.5, 0.6) is 0 Å². The zero-order valence-corrected chi connectivity index (χ0v) is 18.1. The van der Waals surface area contributed by atoms with E-state index in [-0.39, 0.29) is 22.9 Å². The summed E-state index contributed by atoms with van der Waals surface area (Å²) in [5.74, 6) is 1.11. The van der Waals surface area contributed by atoms with E-state index < -0.39 is 10.0 Å². The highest BCUT2D eigenvalue weighted by molar-refractivity contribution is 7.89. The van der Waals surface area contributed by atoms with Crippen LogP contribution in [0.2, 0.25) is 0 Å². The van der Waals surface area contributed by atoms with Crippen molar-refractivity contribution in [1.29, 1.82) is 0 Å². The lowest BCUT2D eigenvalue weighted by Crippen LogP contribution is -2.56. The van der Waals surface area contributed by atoms with Gasteiger partial charge in [0.25, 0.3) is 0 Å². The maximum atomic E-state index is 12.9. The molecule has 1 aromatic heterocycles. The predicted octanol–water partition coefficient (Wildman–Crippen LogP) is 1.68. The first kappa shape index (κ1) is 21.3. The van der Waals surface area contributed by atoms with Crippen LogP contribution in [0.3, 0.4) is 0 Å². The molecule has 1 aromatic rings. The second kappa shape index (κ2) is 8.51. The fourth-order valence-electron chi connectivity index (χ4n) is 4.20. The molecule has 1 saturated heterocycles. The molecule has 2 heterocycles. The number of piperazine rings is 1. The lowest BCUT2D eigenvalue weighted by atomic mass is 9.87. The Kier molecular flexibility index (Phi) is 6.46. The van der Waals surface area contributed by atoms with Crippen molar-refractivity contribution in [3.63, 3.8) is 0 Å². The molecule has 1 aliphatic carbocycles. The summed E-state index contributed by atoms with van der Waals surface area (Å²) in [6, 6.07) is 0.00984. The van der Waals surface area contributed by atoms with Crippen LogP contribution in [0.25, 0.3) is 0 Å². The van der Waals surface area contributed by atoms with Crippen molar-refractivity contribution in [1.82, 2.24) is 19.7 Å². The van der Waals surface area contributed by atoms with Crippen molar-refractivity contribution < 1.29 is 17.7 Å². The number of nitrogens with one attached hydrogen (secondary N) is 1. The molecule has 2 aliphatic rings. The van der Waals surface area contributed by atoms with Crippen molar-refractivity contribution in [2.24, 2.45) is 5.92 Å². The predicted molar refractivity (Wildman–Crippen MR) is 105 cm³/mol. The Bertz CT molecular complexity index is 771. The SMILES string of the molecule is Cc1noc(C)c1S(=O)(=O)N1CCN(C(C)C(=O)NC2CCC(C)CC2)CC1. The van der Waals surface area contributed by atoms with E-state index in [0.29, 0.717) is 37.6 Å². The normalized spacial score (nSPS) is 26.1. The Balaban J connectivity index is 1.55. The number of rotatable bonds is 5. The Morgan fingerprint density at radius 1 is 1.14 bits per heavy atom. The van der Waals surface area contributed by atoms with Gasteiger partial charge in [-0.25, -0.2) is 8.42 Å². The van der Waals surface area contributed by atoms with Gasteiger partial charge < -0.3 is 9.84 Å². The molecule has 1 saturated carbocycles. The first-order valence-corrected chi connectivity index (χ1v) is 11.6. The number of aromatic nitrogens is 1. The minimum Gasteiger partial charge on any atom is -0.360 e. The summed E-state index contributed by atoms with van der Waals surface area (Å²) in [5, 5.41) is 6.94. The minimum absolute atomic E-state index is 0.0431. The molecule has 28 heavy (non-hydrogen) atoms. The molecular weight excluding hydrogens is 380 g/mol. The maximum Gasteiger partial charge on any atom is 0.248 e. The highest BCUT2D eigenvalue weighted by Gasteiger charge is 2.35. The minimum atomic E-state index is -3.63. The van der Waals surface area contributed by atoms with E-state index in [1.54, 1.807) is 13.8 Å². The molecule has 2 fully saturated rings. The monoisotopic (exact) mass is 412 g/mol. The van der Waals surface area contributed by atoms with E-state index in [2.05, 4.69) is 22.3 Å². The summed E-state index contributed by atoms with van der Waals surface area (Å²) in [7, 11) is -3.63. The van der Waals surface area contributed by atoms with Crippen molar-refractivity contribution in [2.45, 2.75) is 70.4 Å². The molecule has 1 aliphatic heterocycles. The largest absolute Gasteiger partial charge is 0.360 e. The molecule has 1 N–H and O–H groups in total. The molecule has 3 rings (SSSR count). The molecule has 0 bridgehead atoms. The molecule has 0 spiro atoms. The molecule has 0 aromatic carbocycles. The van der Waals surface area contributed by atoms with Crippen LogP contribution in [-0.2, 0) is 14.8 Å². The van der Waals surface area contributed by atoms with Crippen LogP contribution in [0, 0.1) is 19.8 Å². The molecule has 158 valence electrons. The van der Waals surface area contributed by atoms with Gasteiger partial charge in [0.05, 0.1) is 6.04 Å². The van der Waals surface area contributed by atoms with E-state index in [4.69, 9.17) is 4.52 Å². The van der Waals surface area contributed by atoms with Gasteiger partial charge in [0, 0.05) is 32.2 Å². The van der Waals surface area contributed by atoms with Crippen molar-refractivity contribution >= 4 is 15.9 Å². The number of carbonyl (C=O) groups excluding carboxylic acids is 1. The Hall–Kier alpha value is -1.45. The van der Waals surface area contributed by atoms with Crippen molar-refractivity contribution in [2.75, 3.05) is 26.2 Å². The molecule has 1 amide bonds. The fourth-order valence-corrected chi connectivity index (χ4v) is 5.91. The number of hydrogen-bond donors (Lipinski definition) is 1. The van der Waals surface area contributed by atoms with Crippen LogP contribution in [0.15, 0.2) is 9.42 Å². The summed E-state index contributed by atoms with van der Waals surface area (Å²) >= 11 is 0. The highest BCUT2D eigenvalue weighted by atomic mass is 32.2. The topological polar surface area (TPSA) is 95.8 Å². The van der Waals surface area contributed by atoms with Crippen LogP contribution in [0.1, 0.15) is 51.0 Å². The van der Waals surface area contributed by atoms with Gasteiger partial charge in [-0.1, -0.05) is 12.1 Å². The van der Waals surface area contributed by atoms with Crippen LogP contribution in [-0.4, -0.2) is 66.9 Å². The van der Waals surface area contributed by atoms with Crippen molar-refractivity contribution in [3.05, 3.63) is 11.5 Å².